The van der Waals surface area contributed by atoms with Gasteiger partial charge in [0.05, 0.1) is 20.6 Å². The van der Waals surface area contributed by atoms with Crippen LogP contribution in [0.4, 0.5) is 0 Å². The van der Waals surface area contributed by atoms with E-state index >= 15 is 0 Å². The van der Waals surface area contributed by atoms with Crippen molar-refractivity contribution in [1.82, 2.24) is 16.2 Å². The lowest BCUT2D eigenvalue weighted by Gasteiger charge is -2.12. The zero-order chi connectivity index (χ0) is 19.8. The number of ether oxygens (including phenoxy) is 2. The van der Waals surface area contributed by atoms with Crippen molar-refractivity contribution in [2.24, 2.45) is 0 Å². The molecule has 0 fully saturated rings. The summed E-state index contributed by atoms with van der Waals surface area (Å²) in [7, 11) is 2.99. The molecule has 3 N–H and O–H groups in total. The molecule has 0 saturated heterocycles. The predicted molar refractivity (Wildman–Crippen MR) is 106 cm³/mol. The van der Waals surface area contributed by atoms with Gasteiger partial charge >= 0.3 is 0 Å². The second-order valence-corrected chi connectivity index (χ2v) is 6.04. The first-order valence-corrected chi connectivity index (χ1v) is 8.52. The highest BCUT2D eigenvalue weighted by molar-refractivity contribution is 7.80. The normalized spacial score (nSPS) is 9.89. The van der Waals surface area contributed by atoms with Crippen LogP contribution in [-0.2, 0) is 11.2 Å². The quantitative estimate of drug-likeness (QED) is 0.536. The zero-order valence-electron chi connectivity index (χ0n) is 15.3. The molecule has 0 spiro atoms. The van der Waals surface area contributed by atoms with Crippen LogP contribution < -0.4 is 25.6 Å². The topological polar surface area (TPSA) is 88.7 Å². The molecule has 0 saturated carbocycles. The lowest BCUT2D eigenvalue weighted by Crippen LogP contribution is -2.48. The van der Waals surface area contributed by atoms with Crippen molar-refractivity contribution in [1.29, 1.82) is 0 Å². The van der Waals surface area contributed by atoms with E-state index in [2.05, 4.69) is 16.2 Å². The van der Waals surface area contributed by atoms with Gasteiger partial charge in [0.2, 0.25) is 5.91 Å². The summed E-state index contributed by atoms with van der Waals surface area (Å²) < 4.78 is 10.3. The van der Waals surface area contributed by atoms with Crippen LogP contribution in [0, 0.1) is 6.92 Å². The van der Waals surface area contributed by atoms with Gasteiger partial charge in [-0.3, -0.25) is 20.4 Å². The second kappa shape index (κ2) is 9.54. The second-order valence-electron chi connectivity index (χ2n) is 5.63. The van der Waals surface area contributed by atoms with Gasteiger partial charge in [0.15, 0.2) is 16.6 Å². The van der Waals surface area contributed by atoms with E-state index in [4.69, 9.17) is 21.7 Å². The van der Waals surface area contributed by atoms with E-state index in [-0.39, 0.29) is 17.4 Å². The van der Waals surface area contributed by atoms with Crippen molar-refractivity contribution >= 4 is 29.1 Å². The number of hydrogen-bond donors (Lipinski definition) is 3. The average Bonchev–Trinajstić information content (AvgIpc) is 2.67. The minimum absolute atomic E-state index is 0.00223. The summed E-state index contributed by atoms with van der Waals surface area (Å²) >= 11 is 5.03. The van der Waals surface area contributed by atoms with E-state index in [0.29, 0.717) is 17.1 Å². The fourth-order valence-electron chi connectivity index (χ4n) is 2.35. The number of thiocarbonyl (C=S) groups is 1. The van der Waals surface area contributed by atoms with Crippen molar-refractivity contribution in [3.05, 3.63) is 59.2 Å². The molecule has 8 heteroatoms. The molecular formula is C19H21N3O4S. The van der Waals surface area contributed by atoms with Crippen LogP contribution >= 0.6 is 12.2 Å². The molecule has 2 aromatic carbocycles. The molecule has 0 atom stereocenters. The van der Waals surface area contributed by atoms with Gasteiger partial charge in [-0.05, 0) is 48.5 Å². The Bertz CT molecular complexity index is 855. The van der Waals surface area contributed by atoms with Crippen molar-refractivity contribution in [2.45, 2.75) is 13.3 Å². The third-order valence-electron chi connectivity index (χ3n) is 3.80. The Kier molecular flexibility index (Phi) is 7.13. The molecule has 0 bridgehead atoms. The molecule has 0 aliphatic carbocycles. The third-order valence-corrected chi connectivity index (χ3v) is 4.00. The highest BCUT2D eigenvalue weighted by atomic mass is 32.1. The number of rotatable bonds is 5. The highest BCUT2D eigenvalue weighted by Gasteiger charge is 2.12. The maximum Gasteiger partial charge on any atom is 0.269 e. The standard InChI is InChI=1S/C19H21N3O4S/c1-12-6-4-5-7-13(12)11-17(23)20-19(27)22-21-18(24)14-8-9-15(25-2)16(10-14)26-3/h4-10H,11H2,1-3H3,(H,21,24)(H2,20,22,23,27). The van der Waals surface area contributed by atoms with Crippen molar-refractivity contribution in [3.8, 4) is 11.5 Å². The fraction of sp³-hybridized carbons (Fsp3) is 0.211. The molecule has 0 unspecified atom stereocenters. The maximum absolute atomic E-state index is 12.2. The van der Waals surface area contributed by atoms with Crippen LogP contribution in [0.3, 0.4) is 0 Å². The van der Waals surface area contributed by atoms with E-state index < -0.39 is 5.91 Å². The minimum atomic E-state index is -0.438. The Morgan fingerprint density at radius 1 is 1.00 bits per heavy atom. The fourth-order valence-corrected chi connectivity index (χ4v) is 2.51. The van der Waals surface area contributed by atoms with Gasteiger partial charge in [-0.15, -0.1) is 0 Å². The smallest absolute Gasteiger partial charge is 0.269 e. The summed E-state index contributed by atoms with van der Waals surface area (Å²) in [5.74, 6) is 0.230. The number of carbonyl (C=O) groups is 2. The molecule has 0 radical (unpaired) electrons. The van der Waals surface area contributed by atoms with E-state index in [1.807, 2.05) is 31.2 Å². The van der Waals surface area contributed by atoms with Crippen molar-refractivity contribution in [2.75, 3.05) is 14.2 Å². The molecule has 2 amide bonds. The monoisotopic (exact) mass is 387 g/mol. The lowest BCUT2D eigenvalue weighted by molar-refractivity contribution is -0.119. The third kappa shape index (κ3) is 5.68. The lowest BCUT2D eigenvalue weighted by atomic mass is 10.1. The van der Waals surface area contributed by atoms with E-state index in [0.717, 1.165) is 11.1 Å². The zero-order valence-corrected chi connectivity index (χ0v) is 16.1. The highest BCUT2D eigenvalue weighted by Crippen LogP contribution is 2.27. The molecule has 27 heavy (non-hydrogen) atoms. The number of nitrogens with one attached hydrogen (secondary N) is 3. The molecule has 7 nitrogen and oxygen atoms in total. The summed E-state index contributed by atoms with van der Waals surface area (Å²) in [4.78, 5) is 24.3. The summed E-state index contributed by atoms with van der Waals surface area (Å²) in [6.45, 7) is 1.93. The minimum Gasteiger partial charge on any atom is -0.493 e. The van der Waals surface area contributed by atoms with Crippen LogP contribution in [0.15, 0.2) is 42.5 Å². The van der Waals surface area contributed by atoms with Crippen LogP contribution in [0.2, 0.25) is 0 Å². The molecule has 142 valence electrons. The first-order chi connectivity index (χ1) is 12.9. The van der Waals surface area contributed by atoms with Gasteiger partial charge in [-0.1, -0.05) is 24.3 Å². The molecule has 0 heterocycles. The number of carbonyl (C=O) groups excluding carboxylic acids is 2. The van der Waals surface area contributed by atoms with E-state index in [1.165, 1.54) is 20.3 Å². The molecule has 0 aliphatic rings. The number of aryl methyl sites for hydroxylation is 1. The van der Waals surface area contributed by atoms with Crippen LogP contribution in [0.1, 0.15) is 21.5 Å². The number of hydrogen-bond acceptors (Lipinski definition) is 5. The predicted octanol–water partition coefficient (Wildman–Crippen LogP) is 1.89. The van der Waals surface area contributed by atoms with Gasteiger partial charge in [0, 0.05) is 5.56 Å². The number of hydrazine groups is 1. The van der Waals surface area contributed by atoms with Gasteiger partial charge in [0.25, 0.3) is 5.91 Å². The summed E-state index contributed by atoms with van der Waals surface area (Å²) in [5.41, 5.74) is 7.21. The van der Waals surface area contributed by atoms with Gasteiger partial charge in [-0.25, -0.2) is 0 Å². The van der Waals surface area contributed by atoms with Crippen LogP contribution in [0.5, 0.6) is 11.5 Å². The first-order valence-electron chi connectivity index (χ1n) is 8.11. The summed E-state index contributed by atoms with van der Waals surface area (Å²) in [6.07, 6.45) is 0.193. The van der Waals surface area contributed by atoms with E-state index in [9.17, 15) is 9.59 Å². The first kappa shape index (κ1) is 20.2. The van der Waals surface area contributed by atoms with Crippen LogP contribution in [0.25, 0.3) is 0 Å². The molecule has 2 aromatic rings. The maximum atomic E-state index is 12.2. The molecule has 2 rings (SSSR count). The Hall–Kier alpha value is -3.13. The molecule has 0 aliphatic heterocycles. The number of benzene rings is 2. The number of amides is 2. The summed E-state index contributed by atoms with van der Waals surface area (Å²) in [5, 5.41) is 2.53. The Morgan fingerprint density at radius 3 is 2.37 bits per heavy atom. The molecular weight excluding hydrogens is 366 g/mol. The van der Waals surface area contributed by atoms with E-state index in [1.54, 1.807) is 12.1 Å². The Labute approximate surface area is 163 Å². The number of methoxy groups -OCH3 is 2. The molecule has 0 aromatic heterocycles. The Balaban J connectivity index is 1.87. The van der Waals surface area contributed by atoms with Gasteiger partial charge in [-0.2, -0.15) is 0 Å². The van der Waals surface area contributed by atoms with Gasteiger partial charge < -0.3 is 14.8 Å². The van der Waals surface area contributed by atoms with Crippen molar-refractivity contribution in [3.63, 3.8) is 0 Å². The SMILES string of the molecule is COc1ccc(C(=O)NNC(=S)NC(=O)Cc2ccccc2C)cc1OC. The largest absolute Gasteiger partial charge is 0.493 e. The summed E-state index contributed by atoms with van der Waals surface area (Å²) in [6, 6.07) is 12.3. The average molecular weight is 387 g/mol. The Morgan fingerprint density at radius 2 is 1.70 bits per heavy atom. The van der Waals surface area contributed by atoms with Crippen molar-refractivity contribution < 1.29 is 19.1 Å². The van der Waals surface area contributed by atoms with Gasteiger partial charge in [0.1, 0.15) is 0 Å². The van der Waals surface area contributed by atoms with Crippen LogP contribution in [-0.4, -0.2) is 31.1 Å².